The third-order valence-electron chi connectivity index (χ3n) is 1.42. The summed E-state index contributed by atoms with van der Waals surface area (Å²) in [7, 11) is 0. The van der Waals surface area contributed by atoms with E-state index in [1.165, 1.54) is 0 Å². The van der Waals surface area contributed by atoms with E-state index in [9.17, 15) is 0 Å². The van der Waals surface area contributed by atoms with Crippen LogP contribution in [0.5, 0.6) is 0 Å². The van der Waals surface area contributed by atoms with Crippen molar-refractivity contribution in [2.45, 2.75) is 13.5 Å². The predicted molar refractivity (Wildman–Crippen MR) is 48.2 cm³/mol. The molecule has 0 saturated carbocycles. The zero-order valence-electron chi connectivity index (χ0n) is 7.01. The predicted octanol–water partition coefficient (Wildman–Crippen LogP) is 0.0685. The molecule has 0 fully saturated rings. The number of rotatable bonds is 2. The minimum Gasteiger partial charge on any atom is -0.367 e. The molecule has 0 amide bonds. The van der Waals surface area contributed by atoms with Gasteiger partial charge < -0.3 is 5.73 Å². The van der Waals surface area contributed by atoms with Gasteiger partial charge in [0.05, 0.1) is 6.54 Å². The summed E-state index contributed by atoms with van der Waals surface area (Å²) in [6, 6.07) is 0. The van der Waals surface area contributed by atoms with Gasteiger partial charge in [-0.3, -0.25) is 0 Å². The summed E-state index contributed by atoms with van der Waals surface area (Å²) in [5, 5.41) is 13.6. The van der Waals surface area contributed by atoms with Gasteiger partial charge in [-0.05, 0) is 6.92 Å². The van der Waals surface area contributed by atoms with Gasteiger partial charge in [0.25, 0.3) is 0 Å². The number of aromatic nitrogens is 5. The quantitative estimate of drug-likeness (QED) is 0.734. The second-order valence-corrected chi connectivity index (χ2v) is 3.78. The molecule has 0 aliphatic heterocycles. The van der Waals surface area contributed by atoms with E-state index in [0.717, 1.165) is 10.0 Å². The molecular formula is C6H8N6S. The van der Waals surface area contributed by atoms with Crippen LogP contribution in [0.25, 0.3) is 0 Å². The van der Waals surface area contributed by atoms with Crippen LogP contribution in [0.2, 0.25) is 0 Å². The van der Waals surface area contributed by atoms with Crippen LogP contribution >= 0.6 is 11.3 Å². The van der Waals surface area contributed by atoms with E-state index in [1.807, 2.05) is 6.92 Å². The number of anilines is 1. The number of aryl methyl sites for hydroxylation is 1. The van der Waals surface area contributed by atoms with Crippen LogP contribution < -0.4 is 5.73 Å². The van der Waals surface area contributed by atoms with Gasteiger partial charge in [-0.1, -0.05) is 11.3 Å². The molecule has 2 aromatic rings. The van der Waals surface area contributed by atoms with Crippen molar-refractivity contribution < 1.29 is 0 Å². The second-order valence-electron chi connectivity index (χ2n) is 2.52. The monoisotopic (exact) mass is 196 g/mol. The van der Waals surface area contributed by atoms with E-state index in [2.05, 4.69) is 20.3 Å². The summed E-state index contributed by atoms with van der Waals surface area (Å²) in [6.45, 7) is 2.49. The van der Waals surface area contributed by atoms with Crippen molar-refractivity contribution in [2.75, 3.05) is 5.73 Å². The van der Waals surface area contributed by atoms with Crippen LogP contribution in [0.15, 0.2) is 6.33 Å². The minimum atomic E-state index is 0.279. The minimum absolute atomic E-state index is 0.279. The summed E-state index contributed by atoms with van der Waals surface area (Å²) in [6.07, 6.45) is 1.58. The van der Waals surface area contributed by atoms with Crippen LogP contribution in [-0.4, -0.2) is 25.0 Å². The third kappa shape index (κ3) is 1.81. The van der Waals surface area contributed by atoms with Crippen molar-refractivity contribution in [2.24, 2.45) is 0 Å². The van der Waals surface area contributed by atoms with Gasteiger partial charge >= 0.3 is 0 Å². The Balaban J connectivity index is 2.14. The lowest BCUT2D eigenvalue weighted by atomic mass is 10.7. The van der Waals surface area contributed by atoms with Crippen molar-refractivity contribution in [1.82, 2.24) is 25.0 Å². The molecule has 2 heterocycles. The summed E-state index contributed by atoms with van der Waals surface area (Å²) in [4.78, 5) is 3.81. The van der Waals surface area contributed by atoms with Gasteiger partial charge in [0.1, 0.15) is 16.3 Å². The Morgan fingerprint density at radius 2 is 2.38 bits per heavy atom. The van der Waals surface area contributed by atoms with Crippen LogP contribution in [0.4, 0.5) is 5.95 Å². The molecule has 0 saturated heterocycles. The normalized spacial score (nSPS) is 10.5. The molecular weight excluding hydrogens is 188 g/mol. The van der Waals surface area contributed by atoms with Crippen molar-refractivity contribution in [3.8, 4) is 0 Å². The van der Waals surface area contributed by atoms with Crippen LogP contribution in [0, 0.1) is 6.92 Å². The molecule has 7 heteroatoms. The highest BCUT2D eigenvalue weighted by Gasteiger charge is 2.02. The molecule has 0 spiro atoms. The first kappa shape index (κ1) is 8.11. The first-order valence-corrected chi connectivity index (χ1v) is 4.49. The molecule has 2 rings (SSSR count). The second kappa shape index (κ2) is 3.09. The maximum Gasteiger partial charge on any atom is 0.239 e. The Morgan fingerprint density at radius 3 is 2.92 bits per heavy atom. The molecule has 0 bridgehead atoms. The molecule has 0 aliphatic rings. The van der Waals surface area contributed by atoms with E-state index >= 15 is 0 Å². The highest BCUT2D eigenvalue weighted by Crippen LogP contribution is 2.08. The number of nitrogens with zero attached hydrogens (tertiary/aromatic N) is 5. The molecule has 6 nitrogen and oxygen atoms in total. The van der Waals surface area contributed by atoms with Gasteiger partial charge in [0, 0.05) is 0 Å². The fourth-order valence-corrected chi connectivity index (χ4v) is 1.63. The number of hydrogen-bond acceptors (Lipinski definition) is 6. The van der Waals surface area contributed by atoms with Crippen molar-refractivity contribution in [1.29, 1.82) is 0 Å². The average molecular weight is 196 g/mol. The molecule has 68 valence electrons. The topological polar surface area (TPSA) is 82.5 Å². The molecule has 0 aliphatic carbocycles. The largest absolute Gasteiger partial charge is 0.367 e. The first-order chi connectivity index (χ1) is 6.24. The van der Waals surface area contributed by atoms with E-state index in [-0.39, 0.29) is 5.95 Å². The van der Waals surface area contributed by atoms with Gasteiger partial charge in [0.15, 0.2) is 0 Å². The number of nitrogen functional groups attached to an aromatic ring is 1. The maximum absolute atomic E-state index is 5.36. The van der Waals surface area contributed by atoms with Gasteiger partial charge in [-0.25, -0.2) is 9.67 Å². The Kier molecular flexibility index (Phi) is 1.93. The third-order valence-corrected chi connectivity index (χ3v) is 2.24. The Morgan fingerprint density at radius 1 is 1.54 bits per heavy atom. The lowest BCUT2D eigenvalue weighted by molar-refractivity contribution is 0.677. The van der Waals surface area contributed by atoms with Crippen LogP contribution in [0.3, 0.4) is 0 Å². The van der Waals surface area contributed by atoms with E-state index in [4.69, 9.17) is 5.73 Å². The summed E-state index contributed by atoms with van der Waals surface area (Å²) < 4.78 is 1.63. The number of nitrogens with two attached hydrogens (primary N) is 1. The lowest BCUT2D eigenvalue weighted by Crippen LogP contribution is -2.00. The van der Waals surface area contributed by atoms with Crippen molar-refractivity contribution in [3.05, 3.63) is 16.3 Å². The summed E-state index contributed by atoms with van der Waals surface area (Å²) >= 11 is 1.54. The fraction of sp³-hybridized carbons (Fsp3) is 0.333. The van der Waals surface area contributed by atoms with Gasteiger partial charge in [0.2, 0.25) is 5.95 Å². The van der Waals surface area contributed by atoms with Gasteiger partial charge in [-0.2, -0.15) is 0 Å². The molecule has 2 N–H and O–H groups in total. The highest BCUT2D eigenvalue weighted by molar-refractivity contribution is 7.11. The Hall–Kier alpha value is -1.50. The summed E-state index contributed by atoms with van der Waals surface area (Å²) in [5.41, 5.74) is 5.36. The van der Waals surface area contributed by atoms with Crippen LogP contribution in [0.1, 0.15) is 10.0 Å². The fourth-order valence-electron chi connectivity index (χ4n) is 0.925. The molecule has 0 unspecified atom stereocenters. The average Bonchev–Trinajstić information content (AvgIpc) is 2.62. The van der Waals surface area contributed by atoms with Crippen LogP contribution in [-0.2, 0) is 6.54 Å². The summed E-state index contributed by atoms with van der Waals surface area (Å²) in [5.74, 6) is 0.279. The smallest absolute Gasteiger partial charge is 0.239 e. The Bertz CT molecular complexity index is 366. The molecule has 0 aromatic carbocycles. The Labute approximate surface area is 78.4 Å². The molecule has 0 atom stereocenters. The number of hydrogen-bond donors (Lipinski definition) is 1. The first-order valence-electron chi connectivity index (χ1n) is 3.68. The maximum atomic E-state index is 5.36. The van der Waals surface area contributed by atoms with Crippen molar-refractivity contribution in [3.63, 3.8) is 0 Å². The standard InChI is InChI=1S/C6H8N6S/c1-4-9-10-5(13-4)2-12-3-8-6(7)11-12/h3H,2H2,1H3,(H2,7,11). The van der Waals surface area contributed by atoms with E-state index in [0.29, 0.717) is 6.54 Å². The van der Waals surface area contributed by atoms with Crippen molar-refractivity contribution >= 4 is 17.3 Å². The molecule has 2 aromatic heterocycles. The molecule has 13 heavy (non-hydrogen) atoms. The van der Waals surface area contributed by atoms with Gasteiger partial charge in [-0.15, -0.1) is 15.3 Å². The zero-order chi connectivity index (χ0) is 9.26. The zero-order valence-corrected chi connectivity index (χ0v) is 7.82. The molecule has 0 radical (unpaired) electrons. The van der Waals surface area contributed by atoms with E-state index in [1.54, 1.807) is 22.3 Å². The van der Waals surface area contributed by atoms with E-state index < -0.39 is 0 Å². The highest BCUT2D eigenvalue weighted by atomic mass is 32.1. The lowest BCUT2D eigenvalue weighted by Gasteiger charge is -1.92. The SMILES string of the molecule is Cc1nnc(Cn2cnc(N)n2)s1.